The van der Waals surface area contributed by atoms with Gasteiger partial charge >= 0.3 is 0 Å². The van der Waals surface area contributed by atoms with Gasteiger partial charge in [0.1, 0.15) is 10.1 Å². The first-order valence-electron chi connectivity index (χ1n) is 16.6. The summed E-state index contributed by atoms with van der Waals surface area (Å²) in [4.78, 5) is 19.5. The fourth-order valence-electron chi connectivity index (χ4n) is 6.55. The van der Waals surface area contributed by atoms with Crippen molar-refractivity contribution >= 4 is 65.9 Å². The average Bonchev–Trinajstić information content (AvgIpc) is 3.43. The van der Waals surface area contributed by atoms with Crippen LogP contribution in [0.2, 0.25) is 0 Å². The lowest BCUT2D eigenvalue weighted by Gasteiger charge is -2.30. The third kappa shape index (κ3) is 4.99. The van der Waals surface area contributed by atoms with E-state index in [0.717, 1.165) is 43.5 Å². The molecule has 8 rings (SSSR count). The predicted molar refractivity (Wildman–Crippen MR) is 210 cm³/mol. The second kappa shape index (κ2) is 10.8. The largest absolute Gasteiger partial charge is 0.270 e. The van der Waals surface area contributed by atoms with Crippen molar-refractivity contribution in [3.05, 3.63) is 109 Å². The van der Waals surface area contributed by atoms with E-state index in [1.165, 1.54) is 32.3 Å². The second-order valence-electron chi connectivity index (χ2n) is 15.2. The summed E-state index contributed by atoms with van der Waals surface area (Å²) in [5.74, 6) is 0. The molecule has 2 aliphatic heterocycles. The molecule has 0 radical (unpaired) electrons. The molecule has 2 aromatic heterocycles. The van der Waals surface area contributed by atoms with Gasteiger partial charge in [-0.3, -0.25) is 20.0 Å². The van der Waals surface area contributed by atoms with E-state index in [9.17, 15) is 0 Å². The SMILES string of the molecule is CC1(C)N=C(c2cncc(-c3ccc4c5ccc(-c6cncc(C7=NC(C)(C)C(C)(C)S7)c6)cc5c5ccccc5c4c3)c2)SC1(C)C. The van der Waals surface area contributed by atoms with Crippen molar-refractivity contribution in [3.8, 4) is 22.3 Å². The van der Waals surface area contributed by atoms with Gasteiger partial charge in [-0.1, -0.05) is 72.1 Å². The molecule has 0 unspecified atom stereocenters. The quantitative estimate of drug-likeness (QED) is 0.176. The van der Waals surface area contributed by atoms with Crippen molar-refractivity contribution in [3.63, 3.8) is 0 Å². The van der Waals surface area contributed by atoms with E-state index < -0.39 is 0 Å². The molecule has 0 N–H and O–H groups in total. The van der Waals surface area contributed by atoms with Crippen LogP contribution in [0.3, 0.4) is 0 Å². The van der Waals surface area contributed by atoms with E-state index in [4.69, 9.17) is 9.98 Å². The molecule has 6 aromatic rings. The number of fused-ring (bicyclic) bond motifs is 6. The molecule has 48 heavy (non-hydrogen) atoms. The number of hydrogen-bond acceptors (Lipinski definition) is 6. The Morgan fingerprint density at radius 3 is 1.15 bits per heavy atom. The Kier molecular flexibility index (Phi) is 7.01. The Hall–Kier alpha value is -4.00. The monoisotopic (exact) mass is 664 g/mol. The van der Waals surface area contributed by atoms with Gasteiger partial charge in [0.15, 0.2) is 0 Å². The highest BCUT2D eigenvalue weighted by atomic mass is 32.2. The van der Waals surface area contributed by atoms with Crippen molar-refractivity contribution in [1.82, 2.24) is 9.97 Å². The zero-order valence-corrected chi connectivity index (χ0v) is 30.5. The van der Waals surface area contributed by atoms with Crippen LogP contribution >= 0.6 is 23.5 Å². The van der Waals surface area contributed by atoms with Crippen LogP contribution in [0.15, 0.2) is 108 Å². The van der Waals surface area contributed by atoms with Crippen LogP contribution in [-0.2, 0) is 0 Å². The number of benzene rings is 4. The Morgan fingerprint density at radius 1 is 0.396 bits per heavy atom. The molecule has 2 aliphatic rings. The van der Waals surface area contributed by atoms with E-state index >= 15 is 0 Å². The molecule has 0 spiro atoms. The van der Waals surface area contributed by atoms with Crippen LogP contribution in [0.4, 0.5) is 0 Å². The zero-order valence-electron chi connectivity index (χ0n) is 28.8. The van der Waals surface area contributed by atoms with Gasteiger partial charge in [-0.15, -0.1) is 0 Å². The topological polar surface area (TPSA) is 50.5 Å². The van der Waals surface area contributed by atoms with E-state index in [1.807, 2.05) is 48.3 Å². The molecule has 0 saturated carbocycles. The maximum atomic E-state index is 5.10. The third-order valence-corrected chi connectivity index (χ3v) is 13.9. The normalized spacial score (nSPS) is 19.2. The van der Waals surface area contributed by atoms with Crippen molar-refractivity contribution in [2.75, 3.05) is 0 Å². The van der Waals surface area contributed by atoms with E-state index in [0.29, 0.717) is 0 Å². The van der Waals surface area contributed by atoms with Crippen LogP contribution in [0, 0.1) is 0 Å². The van der Waals surface area contributed by atoms with Gasteiger partial charge in [-0.25, -0.2) is 0 Å². The Bertz CT molecular complexity index is 2180. The fourth-order valence-corrected chi connectivity index (χ4v) is 9.11. The highest BCUT2D eigenvalue weighted by Gasteiger charge is 2.45. The molecule has 0 atom stereocenters. The molecule has 240 valence electrons. The molecular formula is C42H40N4S2. The summed E-state index contributed by atoms with van der Waals surface area (Å²) in [6.07, 6.45) is 7.83. The molecule has 0 bridgehead atoms. The summed E-state index contributed by atoms with van der Waals surface area (Å²) in [7, 11) is 0. The van der Waals surface area contributed by atoms with Crippen molar-refractivity contribution in [2.45, 2.75) is 76.0 Å². The first kappa shape index (κ1) is 31.3. The van der Waals surface area contributed by atoms with E-state index in [2.05, 4.69) is 138 Å². The number of rotatable bonds is 4. The molecule has 0 amide bonds. The zero-order chi connectivity index (χ0) is 33.6. The molecule has 4 aromatic carbocycles. The maximum Gasteiger partial charge on any atom is 0.101 e. The van der Waals surface area contributed by atoms with Gasteiger partial charge in [0.05, 0.1) is 11.1 Å². The van der Waals surface area contributed by atoms with Crippen molar-refractivity contribution in [1.29, 1.82) is 0 Å². The summed E-state index contributed by atoms with van der Waals surface area (Å²) in [5, 5.41) is 9.60. The molecular weight excluding hydrogens is 625 g/mol. The maximum absolute atomic E-state index is 5.10. The van der Waals surface area contributed by atoms with Gasteiger partial charge in [0.2, 0.25) is 0 Å². The van der Waals surface area contributed by atoms with Crippen LogP contribution in [0.1, 0.15) is 66.5 Å². The highest BCUT2D eigenvalue weighted by molar-refractivity contribution is 8.16. The first-order chi connectivity index (χ1) is 22.7. The Morgan fingerprint density at radius 2 is 0.771 bits per heavy atom. The standard InChI is InChI=1S/C42H40N4S2/c1-39(2)41(5,6)47-37(45-39)29-17-27(21-43-23-29)25-13-15-33-34-16-14-26(20-36(34)32-12-10-9-11-31(32)35(33)19-25)28-18-30(24-44-22-28)38-46-40(3,4)42(7,8)48-38/h9-24H,1-8H3. The number of pyridine rings is 2. The summed E-state index contributed by atoms with van der Waals surface area (Å²) >= 11 is 3.69. The summed E-state index contributed by atoms with van der Waals surface area (Å²) in [6, 6.07) is 27.0. The van der Waals surface area contributed by atoms with Crippen molar-refractivity contribution < 1.29 is 0 Å². The number of nitrogens with zero attached hydrogens (tertiary/aromatic N) is 4. The van der Waals surface area contributed by atoms with Crippen LogP contribution in [-0.4, -0.2) is 40.6 Å². The summed E-state index contributed by atoms with van der Waals surface area (Å²) in [5.41, 5.74) is 6.40. The third-order valence-electron chi connectivity index (χ3n) is 10.9. The van der Waals surface area contributed by atoms with Gasteiger partial charge in [0, 0.05) is 56.5 Å². The first-order valence-corrected chi connectivity index (χ1v) is 18.2. The molecule has 0 aliphatic carbocycles. The lowest BCUT2D eigenvalue weighted by Crippen LogP contribution is -2.36. The highest BCUT2D eigenvalue weighted by Crippen LogP contribution is 2.48. The Balaban J connectivity index is 1.22. The van der Waals surface area contributed by atoms with Crippen LogP contribution in [0.5, 0.6) is 0 Å². The summed E-state index contributed by atoms with van der Waals surface area (Å²) in [6.45, 7) is 17.9. The number of aromatic nitrogens is 2. The van der Waals surface area contributed by atoms with Crippen LogP contribution in [0.25, 0.3) is 54.6 Å². The minimum absolute atomic E-state index is 0.0264. The lowest BCUT2D eigenvalue weighted by molar-refractivity contribution is 0.426. The predicted octanol–water partition coefficient (Wildman–Crippen LogP) is 11.4. The number of thioether (sulfide) groups is 2. The minimum atomic E-state index is -0.136. The lowest BCUT2D eigenvalue weighted by atomic mass is 9.90. The number of hydrogen-bond donors (Lipinski definition) is 0. The fraction of sp³-hybridized carbons (Fsp3) is 0.286. The molecule has 4 nitrogen and oxygen atoms in total. The van der Waals surface area contributed by atoms with E-state index in [1.54, 1.807) is 0 Å². The van der Waals surface area contributed by atoms with Crippen molar-refractivity contribution in [2.24, 2.45) is 9.98 Å². The van der Waals surface area contributed by atoms with Gasteiger partial charge in [-0.05, 0) is 123 Å². The molecule has 6 heteroatoms. The van der Waals surface area contributed by atoms with Gasteiger partial charge in [0.25, 0.3) is 0 Å². The smallest absolute Gasteiger partial charge is 0.101 e. The average molecular weight is 665 g/mol. The number of aliphatic imine (C=N–C) groups is 2. The van der Waals surface area contributed by atoms with Gasteiger partial charge < -0.3 is 0 Å². The van der Waals surface area contributed by atoms with Crippen LogP contribution < -0.4 is 0 Å². The molecule has 0 saturated heterocycles. The molecule has 4 heterocycles. The second-order valence-corrected chi connectivity index (χ2v) is 18.4. The van der Waals surface area contributed by atoms with Gasteiger partial charge in [-0.2, -0.15) is 0 Å². The summed E-state index contributed by atoms with van der Waals surface area (Å²) < 4.78 is 0.0529. The minimum Gasteiger partial charge on any atom is -0.270 e. The Labute approximate surface area is 291 Å². The molecule has 0 fully saturated rings. The van der Waals surface area contributed by atoms with E-state index in [-0.39, 0.29) is 20.6 Å².